The number of nitrogen functional groups attached to an aromatic ring is 1. The van der Waals surface area contributed by atoms with Crippen LogP contribution in [0, 0.1) is 18.8 Å². The monoisotopic (exact) mass is 424 g/mol. The van der Waals surface area contributed by atoms with Crippen molar-refractivity contribution in [1.29, 1.82) is 0 Å². The summed E-state index contributed by atoms with van der Waals surface area (Å²) < 4.78 is 38.4. The average Bonchev–Trinajstić information content (AvgIpc) is 2.72. The van der Waals surface area contributed by atoms with E-state index in [-0.39, 0.29) is 5.82 Å². The van der Waals surface area contributed by atoms with Crippen molar-refractivity contribution in [3.63, 3.8) is 0 Å². The maximum atomic E-state index is 12.8. The molecular formula is C24H23F3N4. The van der Waals surface area contributed by atoms with Gasteiger partial charge in [-0.3, -0.25) is 0 Å². The smallest absolute Gasteiger partial charge is 0.382 e. The van der Waals surface area contributed by atoms with Gasteiger partial charge in [-0.1, -0.05) is 54.3 Å². The van der Waals surface area contributed by atoms with Crippen LogP contribution in [0.1, 0.15) is 41.8 Å². The Morgan fingerprint density at radius 3 is 2.13 bits per heavy atom. The molecule has 0 aliphatic rings. The first-order valence-corrected chi connectivity index (χ1v) is 9.69. The first kappa shape index (κ1) is 22.2. The molecule has 0 atom stereocenters. The number of halogens is 3. The lowest BCUT2D eigenvalue weighted by atomic mass is 9.84. The molecule has 1 aromatic heterocycles. The van der Waals surface area contributed by atoms with Crippen LogP contribution in [0.2, 0.25) is 0 Å². The quantitative estimate of drug-likeness (QED) is 0.556. The van der Waals surface area contributed by atoms with Crippen LogP contribution < -0.4 is 11.1 Å². The summed E-state index contributed by atoms with van der Waals surface area (Å²) in [4.78, 5) is 8.72. The highest BCUT2D eigenvalue weighted by molar-refractivity contribution is 5.57. The zero-order valence-electron chi connectivity index (χ0n) is 17.5. The molecule has 0 amide bonds. The van der Waals surface area contributed by atoms with Gasteiger partial charge in [0.05, 0.1) is 22.2 Å². The molecule has 4 nitrogen and oxygen atoms in total. The molecule has 0 saturated carbocycles. The summed E-state index contributed by atoms with van der Waals surface area (Å²) in [5.74, 6) is 6.77. The Morgan fingerprint density at radius 2 is 1.55 bits per heavy atom. The molecular weight excluding hydrogens is 401 g/mol. The minimum atomic E-state index is -4.37. The molecule has 0 spiro atoms. The second-order valence-electron chi connectivity index (χ2n) is 7.68. The molecule has 0 bridgehead atoms. The second kappa shape index (κ2) is 8.68. The predicted octanol–water partition coefficient (Wildman–Crippen LogP) is 5.33. The van der Waals surface area contributed by atoms with E-state index in [4.69, 9.17) is 5.73 Å². The lowest BCUT2D eigenvalue weighted by molar-refractivity contribution is -0.137. The normalized spacial score (nSPS) is 11.5. The molecule has 3 N–H and O–H groups in total. The van der Waals surface area contributed by atoms with Gasteiger partial charge >= 0.3 is 6.18 Å². The standard InChI is InChI=1S/C24H23F3N4/c1-16-20(21(28)31-22(30-16)29-15-17-7-5-4-6-8-17)13-14-23(2,3)18-9-11-19(12-10-18)24(25,26)27/h4-12H,15H2,1-3H3,(H3,28,29,30,31). The van der Waals surface area contributed by atoms with Crippen LogP contribution in [-0.2, 0) is 18.1 Å². The van der Waals surface area contributed by atoms with Crippen molar-refractivity contribution in [1.82, 2.24) is 9.97 Å². The number of nitrogens with zero attached hydrogens (tertiary/aromatic N) is 2. The highest BCUT2D eigenvalue weighted by Gasteiger charge is 2.30. The Labute approximate surface area is 179 Å². The van der Waals surface area contributed by atoms with E-state index in [1.54, 1.807) is 6.92 Å². The van der Waals surface area contributed by atoms with Gasteiger partial charge in [-0.2, -0.15) is 18.2 Å². The third-order valence-corrected chi connectivity index (χ3v) is 4.85. The molecule has 31 heavy (non-hydrogen) atoms. The number of alkyl halides is 3. The molecule has 7 heteroatoms. The van der Waals surface area contributed by atoms with E-state index >= 15 is 0 Å². The number of nitrogens with one attached hydrogen (secondary N) is 1. The van der Waals surface area contributed by atoms with Gasteiger partial charge in [0.1, 0.15) is 5.82 Å². The Morgan fingerprint density at radius 1 is 0.935 bits per heavy atom. The molecule has 160 valence electrons. The number of nitrogens with two attached hydrogens (primary N) is 1. The summed E-state index contributed by atoms with van der Waals surface area (Å²) in [6.45, 7) is 6.03. The summed E-state index contributed by atoms with van der Waals surface area (Å²) >= 11 is 0. The van der Waals surface area contributed by atoms with Crippen LogP contribution in [0.4, 0.5) is 24.9 Å². The lowest BCUT2D eigenvalue weighted by Gasteiger charge is -2.19. The van der Waals surface area contributed by atoms with Crippen molar-refractivity contribution in [3.05, 3.63) is 82.5 Å². The van der Waals surface area contributed by atoms with E-state index in [9.17, 15) is 13.2 Å². The molecule has 0 aliphatic carbocycles. The number of rotatable bonds is 4. The molecule has 0 saturated heterocycles. The minimum Gasteiger partial charge on any atom is -0.382 e. The van der Waals surface area contributed by atoms with E-state index in [2.05, 4.69) is 27.1 Å². The lowest BCUT2D eigenvalue weighted by Crippen LogP contribution is -2.15. The zero-order chi connectivity index (χ0) is 22.6. The highest BCUT2D eigenvalue weighted by Crippen LogP contribution is 2.31. The maximum absolute atomic E-state index is 12.8. The van der Waals surface area contributed by atoms with Gasteiger partial charge in [0.2, 0.25) is 5.95 Å². The van der Waals surface area contributed by atoms with Gasteiger partial charge < -0.3 is 11.1 Å². The number of benzene rings is 2. The molecule has 0 aliphatic heterocycles. The fourth-order valence-corrected chi connectivity index (χ4v) is 2.97. The van der Waals surface area contributed by atoms with E-state index in [0.717, 1.165) is 17.7 Å². The van der Waals surface area contributed by atoms with Gasteiger partial charge in [0.15, 0.2) is 0 Å². The van der Waals surface area contributed by atoms with Crippen LogP contribution in [0.25, 0.3) is 0 Å². The van der Waals surface area contributed by atoms with Gasteiger partial charge in [-0.25, -0.2) is 4.98 Å². The Kier molecular flexibility index (Phi) is 6.21. The van der Waals surface area contributed by atoms with Crippen molar-refractivity contribution in [3.8, 4) is 11.8 Å². The summed E-state index contributed by atoms with van der Waals surface area (Å²) in [5, 5.41) is 3.14. The first-order valence-electron chi connectivity index (χ1n) is 9.69. The first-order chi connectivity index (χ1) is 14.6. The van der Waals surface area contributed by atoms with Gasteiger partial charge in [-0.15, -0.1) is 0 Å². The summed E-state index contributed by atoms with van der Waals surface area (Å²) in [6, 6.07) is 14.9. The Balaban J connectivity index is 1.79. The van der Waals surface area contributed by atoms with Crippen molar-refractivity contribution in [2.75, 3.05) is 11.1 Å². The van der Waals surface area contributed by atoms with E-state index in [1.807, 2.05) is 44.2 Å². The predicted molar refractivity (Wildman–Crippen MR) is 116 cm³/mol. The van der Waals surface area contributed by atoms with Crippen LogP contribution >= 0.6 is 0 Å². The number of hydrogen-bond acceptors (Lipinski definition) is 4. The topological polar surface area (TPSA) is 63.8 Å². The van der Waals surface area contributed by atoms with E-state index in [0.29, 0.717) is 29.3 Å². The molecule has 2 aromatic carbocycles. The van der Waals surface area contributed by atoms with Crippen LogP contribution in [0.5, 0.6) is 0 Å². The third-order valence-electron chi connectivity index (χ3n) is 4.85. The number of hydrogen-bond donors (Lipinski definition) is 2. The SMILES string of the molecule is Cc1nc(NCc2ccccc2)nc(N)c1C#CC(C)(C)c1ccc(C(F)(F)F)cc1. The summed E-state index contributed by atoms with van der Waals surface area (Å²) in [7, 11) is 0. The summed E-state index contributed by atoms with van der Waals surface area (Å²) in [6.07, 6.45) is -4.37. The Bertz CT molecular complexity index is 1090. The largest absolute Gasteiger partial charge is 0.416 e. The van der Waals surface area contributed by atoms with Crippen molar-refractivity contribution >= 4 is 11.8 Å². The second-order valence-corrected chi connectivity index (χ2v) is 7.68. The van der Waals surface area contributed by atoms with Crippen LogP contribution in [0.3, 0.4) is 0 Å². The average molecular weight is 424 g/mol. The molecule has 0 unspecified atom stereocenters. The molecule has 0 fully saturated rings. The van der Waals surface area contributed by atoms with Crippen LogP contribution in [0.15, 0.2) is 54.6 Å². The number of anilines is 2. The molecule has 0 radical (unpaired) electrons. The van der Waals surface area contributed by atoms with Crippen molar-refractivity contribution in [2.24, 2.45) is 0 Å². The fraction of sp³-hybridized carbons (Fsp3) is 0.250. The summed E-state index contributed by atoms with van der Waals surface area (Å²) in [5.41, 5.74) is 7.62. The number of aromatic nitrogens is 2. The molecule has 3 aromatic rings. The minimum absolute atomic E-state index is 0.249. The molecule has 1 heterocycles. The highest BCUT2D eigenvalue weighted by atomic mass is 19.4. The van der Waals surface area contributed by atoms with Gasteiger partial charge in [0, 0.05) is 6.54 Å². The molecule has 3 rings (SSSR count). The van der Waals surface area contributed by atoms with Crippen molar-refractivity contribution < 1.29 is 13.2 Å². The van der Waals surface area contributed by atoms with Crippen molar-refractivity contribution in [2.45, 2.75) is 38.9 Å². The Hall–Kier alpha value is -3.53. The van der Waals surface area contributed by atoms with E-state index < -0.39 is 17.2 Å². The van der Waals surface area contributed by atoms with Gasteiger partial charge in [-0.05, 0) is 44.0 Å². The fourth-order valence-electron chi connectivity index (χ4n) is 2.97. The van der Waals surface area contributed by atoms with Gasteiger partial charge in [0.25, 0.3) is 0 Å². The van der Waals surface area contributed by atoms with Crippen LogP contribution in [-0.4, -0.2) is 9.97 Å². The number of aryl methyl sites for hydroxylation is 1. The third kappa shape index (κ3) is 5.54. The van der Waals surface area contributed by atoms with E-state index in [1.165, 1.54) is 12.1 Å². The maximum Gasteiger partial charge on any atom is 0.416 e. The zero-order valence-corrected chi connectivity index (χ0v) is 17.5.